The van der Waals surface area contributed by atoms with E-state index < -0.39 is 5.82 Å². The van der Waals surface area contributed by atoms with Crippen molar-refractivity contribution in [2.75, 3.05) is 25.4 Å². The van der Waals surface area contributed by atoms with E-state index in [1.807, 2.05) is 45.1 Å². The van der Waals surface area contributed by atoms with Crippen LogP contribution in [0.2, 0.25) is 0 Å². The van der Waals surface area contributed by atoms with Crippen molar-refractivity contribution in [1.82, 2.24) is 10.2 Å². The summed E-state index contributed by atoms with van der Waals surface area (Å²) < 4.78 is 15.1. The van der Waals surface area contributed by atoms with Gasteiger partial charge >= 0.3 is 0 Å². The molecule has 41 heavy (non-hydrogen) atoms. The number of hydrogen-bond acceptors (Lipinski definition) is 4. The molecule has 0 spiro atoms. The Morgan fingerprint density at radius 3 is 2.37 bits per heavy atom. The summed E-state index contributed by atoms with van der Waals surface area (Å²) in [5, 5.41) is 3.43. The highest BCUT2D eigenvalue weighted by molar-refractivity contribution is 7.14. The highest BCUT2D eigenvalue weighted by Gasteiger charge is 2.15. The first kappa shape index (κ1) is 31.9. The van der Waals surface area contributed by atoms with Crippen LogP contribution >= 0.6 is 11.3 Å². The van der Waals surface area contributed by atoms with E-state index >= 15 is 4.39 Å². The molecular weight excluding hydrogens is 525 g/mol. The summed E-state index contributed by atoms with van der Waals surface area (Å²) in [6.07, 6.45) is 12.7. The van der Waals surface area contributed by atoms with Crippen LogP contribution in [0.5, 0.6) is 0 Å². The van der Waals surface area contributed by atoms with Crippen molar-refractivity contribution in [3.63, 3.8) is 0 Å². The molecule has 0 aliphatic carbocycles. The third-order valence-corrected chi connectivity index (χ3v) is 8.66. The van der Waals surface area contributed by atoms with Gasteiger partial charge in [0, 0.05) is 34.1 Å². The topological polar surface area (TPSA) is 41.3 Å². The number of nitrogen functional groups attached to an aromatic ring is 1. The van der Waals surface area contributed by atoms with E-state index in [0.29, 0.717) is 12.0 Å². The zero-order valence-electron chi connectivity index (χ0n) is 25.1. The Morgan fingerprint density at radius 1 is 1.10 bits per heavy atom. The molecule has 5 heteroatoms. The third-order valence-electron chi connectivity index (χ3n) is 7.38. The fraction of sp³-hybridized carbons (Fsp3) is 0.278. The molecule has 1 aliphatic rings. The molecule has 2 heterocycles. The van der Waals surface area contributed by atoms with Gasteiger partial charge in [-0.25, -0.2) is 4.39 Å². The van der Waals surface area contributed by atoms with Gasteiger partial charge in [0.25, 0.3) is 0 Å². The zero-order valence-corrected chi connectivity index (χ0v) is 25.9. The van der Waals surface area contributed by atoms with Crippen LogP contribution in [-0.4, -0.2) is 24.5 Å². The van der Waals surface area contributed by atoms with E-state index in [-0.39, 0.29) is 5.69 Å². The Kier molecular flexibility index (Phi) is 11.5. The number of rotatable bonds is 13. The summed E-state index contributed by atoms with van der Waals surface area (Å²) in [6.45, 7) is 27.4. The Balaban J connectivity index is 1.83. The maximum atomic E-state index is 15.1. The number of allylic oxidation sites excluding steroid dienone is 10. The fourth-order valence-corrected chi connectivity index (χ4v) is 5.96. The minimum Gasteiger partial charge on any atom is -0.396 e. The number of thiophene rings is 1. The summed E-state index contributed by atoms with van der Waals surface area (Å²) in [5.74, 6) is -0.427. The maximum Gasteiger partial charge on any atom is 0.146 e. The molecule has 0 amide bonds. The Bertz CT molecular complexity index is 1440. The van der Waals surface area contributed by atoms with Crippen LogP contribution in [0.15, 0.2) is 104 Å². The molecule has 0 saturated carbocycles. The highest BCUT2D eigenvalue weighted by atomic mass is 32.1. The monoisotopic (exact) mass is 569 g/mol. The highest BCUT2D eigenvalue weighted by Crippen LogP contribution is 2.33. The number of nitrogens with two attached hydrogens (primary N) is 1. The van der Waals surface area contributed by atoms with Gasteiger partial charge in [-0.2, -0.15) is 0 Å². The van der Waals surface area contributed by atoms with Crippen LogP contribution in [0.4, 0.5) is 10.1 Å². The smallest absolute Gasteiger partial charge is 0.146 e. The van der Waals surface area contributed by atoms with Gasteiger partial charge in [0.15, 0.2) is 0 Å². The molecule has 1 fully saturated rings. The lowest BCUT2D eigenvalue weighted by Gasteiger charge is -2.18. The molecule has 2 aromatic rings. The van der Waals surface area contributed by atoms with Crippen molar-refractivity contribution in [1.29, 1.82) is 0 Å². The molecule has 3 N–H and O–H groups in total. The van der Waals surface area contributed by atoms with Crippen LogP contribution in [-0.2, 0) is 6.42 Å². The standard InChI is InChI=1S/C36H44FN3S/c1-9-14-32(35-16-15-34(41-35)24(4)5)26(7)27(8)39-25(6)19-31-21-30(22-33(37)36(31)38)29(11-3)20-28(10-2)23-40-17-12-13-18-40/h9-11,14-16,20-22,39H,1-2,4,6,12-13,17-19,23,38H2,3,5,7-8H3/b27-26+,28-20+,29-11+,32-14+. The van der Waals surface area contributed by atoms with E-state index in [4.69, 9.17) is 5.73 Å². The van der Waals surface area contributed by atoms with Crippen LogP contribution in [0.25, 0.3) is 16.7 Å². The van der Waals surface area contributed by atoms with Crippen LogP contribution in [0, 0.1) is 5.82 Å². The number of likely N-dealkylation sites (tertiary alicyclic amines) is 1. The van der Waals surface area contributed by atoms with Crippen molar-refractivity contribution < 1.29 is 4.39 Å². The first-order chi connectivity index (χ1) is 19.6. The summed E-state index contributed by atoms with van der Waals surface area (Å²) >= 11 is 1.70. The van der Waals surface area contributed by atoms with Crippen LogP contribution < -0.4 is 11.1 Å². The first-order valence-electron chi connectivity index (χ1n) is 14.1. The van der Waals surface area contributed by atoms with Gasteiger partial charge in [-0.05, 0) is 117 Å². The Morgan fingerprint density at radius 2 is 1.78 bits per heavy atom. The summed E-state index contributed by atoms with van der Waals surface area (Å²) in [5.41, 5.74) is 14.8. The van der Waals surface area contributed by atoms with E-state index in [1.54, 1.807) is 17.4 Å². The number of halogens is 1. The lowest BCUT2D eigenvalue weighted by atomic mass is 9.97. The second kappa shape index (κ2) is 14.8. The summed E-state index contributed by atoms with van der Waals surface area (Å²) in [6, 6.07) is 7.69. The van der Waals surface area contributed by atoms with Gasteiger partial charge in [-0.15, -0.1) is 11.3 Å². The lowest BCUT2D eigenvalue weighted by Crippen LogP contribution is -2.21. The normalized spacial score (nSPS) is 15.5. The third kappa shape index (κ3) is 8.42. The zero-order chi connectivity index (χ0) is 30.1. The Labute approximate surface area is 250 Å². The largest absolute Gasteiger partial charge is 0.396 e. The molecule has 0 radical (unpaired) electrons. The van der Waals surface area contributed by atoms with Gasteiger partial charge in [0.2, 0.25) is 0 Å². The minimum absolute atomic E-state index is 0.147. The molecule has 3 nitrogen and oxygen atoms in total. The van der Waals surface area contributed by atoms with E-state index in [0.717, 1.165) is 74.2 Å². The molecule has 216 valence electrons. The van der Waals surface area contributed by atoms with Crippen molar-refractivity contribution in [2.45, 2.75) is 47.0 Å². The predicted octanol–water partition coefficient (Wildman–Crippen LogP) is 9.32. The molecule has 0 bridgehead atoms. The summed E-state index contributed by atoms with van der Waals surface area (Å²) in [4.78, 5) is 4.72. The average molecular weight is 570 g/mol. The maximum absolute atomic E-state index is 15.1. The van der Waals surface area contributed by atoms with Gasteiger partial charge in [0.1, 0.15) is 5.82 Å². The predicted molar refractivity (Wildman–Crippen MR) is 180 cm³/mol. The van der Waals surface area contributed by atoms with Crippen molar-refractivity contribution in [3.05, 3.63) is 130 Å². The van der Waals surface area contributed by atoms with Gasteiger partial charge < -0.3 is 11.1 Å². The van der Waals surface area contributed by atoms with Gasteiger partial charge in [0.05, 0.1) is 5.69 Å². The van der Waals surface area contributed by atoms with Crippen molar-refractivity contribution in [2.24, 2.45) is 0 Å². The van der Waals surface area contributed by atoms with E-state index in [1.165, 1.54) is 18.9 Å². The molecular formula is C36H44FN3S. The van der Waals surface area contributed by atoms with Gasteiger partial charge in [-0.1, -0.05) is 56.7 Å². The van der Waals surface area contributed by atoms with Crippen molar-refractivity contribution in [3.8, 4) is 0 Å². The van der Waals surface area contributed by atoms with E-state index in [9.17, 15) is 0 Å². The molecule has 0 atom stereocenters. The molecule has 3 rings (SSSR count). The number of nitrogens with zero attached hydrogens (tertiary/aromatic N) is 1. The number of hydrogen-bond donors (Lipinski definition) is 2. The van der Waals surface area contributed by atoms with Crippen LogP contribution in [0.3, 0.4) is 0 Å². The summed E-state index contributed by atoms with van der Waals surface area (Å²) in [7, 11) is 0. The molecule has 1 aromatic carbocycles. The van der Waals surface area contributed by atoms with Gasteiger partial charge in [-0.3, -0.25) is 4.90 Å². The number of nitrogens with one attached hydrogen (secondary N) is 1. The molecule has 1 aromatic heterocycles. The molecule has 1 aliphatic heterocycles. The van der Waals surface area contributed by atoms with Crippen molar-refractivity contribution >= 4 is 33.7 Å². The fourth-order valence-electron chi connectivity index (χ4n) is 4.95. The lowest BCUT2D eigenvalue weighted by molar-refractivity contribution is 0.371. The molecule has 0 unspecified atom stereocenters. The SMILES string of the molecule is C=C/C=C(\C(C)=C(/C)NC(=C)Cc1cc(C(/C=C(\C=C)CN2CCCC2)=C/C)cc(F)c1N)c1ccc(C(=C)C)s1. The Hall–Kier alpha value is -3.67. The number of benzene rings is 1. The quantitative estimate of drug-likeness (QED) is 0.187. The van der Waals surface area contributed by atoms with Crippen LogP contribution in [0.1, 0.15) is 61.4 Å². The minimum atomic E-state index is -0.427. The second-order valence-electron chi connectivity index (χ2n) is 10.6. The van der Waals surface area contributed by atoms with E-state index in [2.05, 4.69) is 61.7 Å². The molecule has 1 saturated heterocycles. The number of anilines is 1. The first-order valence-corrected chi connectivity index (χ1v) is 14.9. The average Bonchev–Trinajstić information content (AvgIpc) is 3.64. The second-order valence-corrected chi connectivity index (χ2v) is 11.7.